The van der Waals surface area contributed by atoms with Crippen LogP contribution in [0.4, 0.5) is 10.1 Å². The first kappa shape index (κ1) is 22.2. The van der Waals surface area contributed by atoms with E-state index in [-0.39, 0.29) is 17.4 Å². The van der Waals surface area contributed by atoms with E-state index in [0.717, 1.165) is 49.3 Å². The standard InChI is InChI=1S/C24H29FN4O3/c1-15(2)22-21-20(28-11-9-16(10-12-28)14-31-3)13-19(24(30)32-4)26-23(21)29(27-22)18-7-5-17(25)6-8-18/h5-8,13,15-16H,9-12,14H2,1-4H3. The highest BCUT2D eigenvalue weighted by Gasteiger charge is 2.27. The van der Waals surface area contributed by atoms with E-state index in [1.54, 1.807) is 23.9 Å². The summed E-state index contributed by atoms with van der Waals surface area (Å²) in [6.45, 7) is 6.63. The summed E-state index contributed by atoms with van der Waals surface area (Å²) in [5.74, 6) is -0.160. The van der Waals surface area contributed by atoms with Gasteiger partial charge in [-0.2, -0.15) is 5.10 Å². The number of hydrogen-bond donors (Lipinski definition) is 0. The van der Waals surface area contributed by atoms with Gasteiger partial charge in [-0.25, -0.2) is 18.9 Å². The minimum absolute atomic E-state index is 0.134. The smallest absolute Gasteiger partial charge is 0.356 e. The topological polar surface area (TPSA) is 69.5 Å². The maximum atomic E-state index is 13.5. The van der Waals surface area contributed by atoms with Crippen LogP contribution in [-0.4, -0.2) is 54.6 Å². The van der Waals surface area contributed by atoms with E-state index in [4.69, 9.17) is 14.6 Å². The number of halogens is 1. The molecule has 3 aromatic rings. The number of pyridine rings is 1. The second kappa shape index (κ2) is 9.24. The van der Waals surface area contributed by atoms with Gasteiger partial charge in [-0.15, -0.1) is 0 Å². The molecule has 0 radical (unpaired) electrons. The zero-order valence-corrected chi connectivity index (χ0v) is 19.0. The molecule has 0 spiro atoms. The van der Waals surface area contributed by atoms with E-state index in [2.05, 4.69) is 23.7 Å². The van der Waals surface area contributed by atoms with Gasteiger partial charge in [0.15, 0.2) is 11.3 Å². The number of benzene rings is 1. The van der Waals surface area contributed by atoms with Crippen LogP contribution >= 0.6 is 0 Å². The molecule has 0 bridgehead atoms. The van der Waals surface area contributed by atoms with E-state index in [1.807, 2.05) is 6.07 Å². The van der Waals surface area contributed by atoms with Gasteiger partial charge in [0.2, 0.25) is 0 Å². The fourth-order valence-electron chi connectivity index (χ4n) is 4.32. The molecule has 8 heteroatoms. The lowest BCUT2D eigenvalue weighted by Crippen LogP contribution is -2.35. The number of fused-ring (bicyclic) bond motifs is 1. The minimum atomic E-state index is -0.500. The van der Waals surface area contributed by atoms with Crippen LogP contribution in [0, 0.1) is 11.7 Å². The molecule has 7 nitrogen and oxygen atoms in total. The Kier molecular flexibility index (Phi) is 6.41. The van der Waals surface area contributed by atoms with E-state index in [0.29, 0.717) is 17.3 Å². The lowest BCUT2D eigenvalue weighted by molar-refractivity contribution is 0.0594. The average molecular weight is 441 g/mol. The summed E-state index contributed by atoms with van der Waals surface area (Å²) in [5, 5.41) is 5.77. The van der Waals surface area contributed by atoms with Crippen LogP contribution < -0.4 is 4.90 Å². The minimum Gasteiger partial charge on any atom is -0.464 e. The van der Waals surface area contributed by atoms with Crippen molar-refractivity contribution in [2.75, 3.05) is 38.8 Å². The van der Waals surface area contributed by atoms with Crippen LogP contribution in [0.5, 0.6) is 0 Å². The van der Waals surface area contributed by atoms with Crippen LogP contribution in [-0.2, 0) is 9.47 Å². The van der Waals surface area contributed by atoms with Crippen molar-refractivity contribution in [3.8, 4) is 5.69 Å². The summed E-state index contributed by atoms with van der Waals surface area (Å²) in [6, 6.07) is 7.92. The fourth-order valence-corrected chi connectivity index (χ4v) is 4.32. The molecule has 1 fully saturated rings. The number of nitrogens with zero attached hydrogens (tertiary/aromatic N) is 4. The van der Waals surface area contributed by atoms with Crippen LogP contribution in [0.1, 0.15) is 48.8 Å². The lowest BCUT2D eigenvalue weighted by atomic mass is 9.96. The summed E-state index contributed by atoms with van der Waals surface area (Å²) in [4.78, 5) is 19.4. The Morgan fingerprint density at radius 1 is 1.19 bits per heavy atom. The van der Waals surface area contributed by atoms with E-state index >= 15 is 0 Å². The third-order valence-corrected chi connectivity index (χ3v) is 6.01. The van der Waals surface area contributed by atoms with Gasteiger partial charge in [-0.1, -0.05) is 13.8 Å². The maximum Gasteiger partial charge on any atom is 0.356 e. The molecule has 32 heavy (non-hydrogen) atoms. The zero-order chi connectivity index (χ0) is 22.8. The Bertz CT molecular complexity index is 1100. The summed E-state index contributed by atoms with van der Waals surface area (Å²) >= 11 is 0. The molecule has 0 aliphatic carbocycles. The van der Waals surface area contributed by atoms with Gasteiger partial charge < -0.3 is 14.4 Å². The van der Waals surface area contributed by atoms with Crippen molar-refractivity contribution in [3.05, 3.63) is 47.5 Å². The van der Waals surface area contributed by atoms with E-state index in [9.17, 15) is 9.18 Å². The molecule has 0 unspecified atom stereocenters. The molecule has 170 valence electrons. The highest BCUT2D eigenvalue weighted by Crippen LogP contribution is 2.36. The number of carbonyl (C=O) groups excluding carboxylic acids is 1. The zero-order valence-electron chi connectivity index (χ0n) is 19.0. The lowest BCUT2D eigenvalue weighted by Gasteiger charge is -2.34. The van der Waals surface area contributed by atoms with Crippen LogP contribution in [0.15, 0.2) is 30.3 Å². The Morgan fingerprint density at radius 2 is 1.88 bits per heavy atom. The van der Waals surface area contributed by atoms with Crippen molar-refractivity contribution in [2.24, 2.45) is 5.92 Å². The van der Waals surface area contributed by atoms with Crippen molar-refractivity contribution in [3.63, 3.8) is 0 Å². The van der Waals surface area contributed by atoms with Crippen molar-refractivity contribution in [2.45, 2.75) is 32.6 Å². The van der Waals surface area contributed by atoms with Crippen molar-refractivity contribution < 1.29 is 18.7 Å². The van der Waals surface area contributed by atoms with Crippen molar-refractivity contribution >= 4 is 22.7 Å². The van der Waals surface area contributed by atoms with Gasteiger partial charge in [-0.3, -0.25) is 0 Å². The number of carbonyl (C=O) groups is 1. The fraction of sp³-hybridized carbons (Fsp3) is 0.458. The first-order chi connectivity index (χ1) is 15.4. The number of anilines is 1. The van der Waals surface area contributed by atoms with Gasteiger partial charge in [0, 0.05) is 26.8 Å². The van der Waals surface area contributed by atoms with Crippen LogP contribution in [0.3, 0.4) is 0 Å². The van der Waals surface area contributed by atoms with Gasteiger partial charge in [0.05, 0.1) is 29.6 Å². The third kappa shape index (κ3) is 4.19. The van der Waals surface area contributed by atoms with Crippen LogP contribution in [0.25, 0.3) is 16.7 Å². The highest BCUT2D eigenvalue weighted by atomic mass is 19.1. The molecule has 1 aliphatic rings. The quantitative estimate of drug-likeness (QED) is 0.532. The maximum absolute atomic E-state index is 13.5. The normalized spacial score (nSPS) is 15.0. The number of hydrogen-bond acceptors (Lipinski definition) is 6. The van der Waals surface area contributed by atoms with Crippen molar-refractivity contribution in [1.82, 2.24) is 14.8 Å². The molecule has 3 heterocycles. The van der Waals surface area contributed by atoms with Crippen molar-refractivity contribution in [1.29, 1.82) is 0 Å². The second-order valence-electron chi connectivity index (χ2n) is 8.53. The highest BCUT2D eigenvalue weighted by molar-refractivity contribution is 5.99. The largest absolute Gasteiger partial charge is 0.464 e. The summed E-state index contributed by atoms with van der Waals surface area (Å²) < 4.78 is 25.5. The summed E-state index contributed by atoms with van der Waals surface area (Å²) in [5.41, 5.74) is 3.30. The Morgan fingerprint density at radius 3 is 2.47 bits per heavy atom. The van der Waals surface area contributed by atoms with Gasteiger partial charge in [-0.05, 0) is 55.0 Å². The Balaban J connectivity index is 1.90. The molecule has 1 aliphatic heterocycles. The number of piperidine rings is 1. The van der Waals surface area contributed by atoms with Gasteiger partial charge >= 0.3 is 5.97 Å². The molecule has 0 saturated carbocycles. The van der Waals surface area contributed by atoms with Crippen LogP contribution in [0.2, 0.25) is 0 Å². The monoisotopic (exact) mass is 440 g/mol. The molecule has 0 atom stereocenters. The summed E-state index contributed by atoms with van der Waals surface area (Å²) in [7, 11) is 3.08. The number of ether oxygens (including phenoxy) is 2. The Hall–Kier alpha value is -3.00. The number of esters is 1. The number of rotatable bonds is 6. The second-order valence-corrected chi connectivity index (χ2v) is 8.53. The third-order valence-electron chi connectivity index (χ3n) is 6.01. The molecule has 4 rings (SSSR count). The van der Waals surface area contributed by atoms with E-state index < -0.39 is 5.97 Å². The molecular formula is C24H29FN4O3. The van der Waals surface area contributed by atoms with Gasteiger partial charge in [0.1, 0.15) is 5.82 Å². The Labute approximate surface area is 187 Å². The molecule has 0 amide bonds. The first-order valence-electron chi connectivity index (χ1n) is 10.9. The molecular weight excluding hydrogens is 411 g/mol. The molecule has 0 N–H and O–H groups in total. The predicted octanol–water partition coefficient (Wildman–Crippen LogP) is 4.33. The molecule has 1 saturated heterocycles. The predicted molar refractivity (Wildman–Crippen MR) is 121 cm³/mol. The first-order valence-corrected chi connectivity index (χ1v) is 10.9. The number of methoxy groups -OCH3 is 2. The molecule has 1 aromatic carbocycles. The number of aromatic nitrogens is 3. The average Bonchev–Trinajstić information content (AvgIpc) is 3.19. The summed E-state index contributed by atoms with van der Waals surface area (Å²) in [6.07, 6.45) is 2.02. The molecule has 2 aromatic heterocycles. The van der Waals surface area contributed by atoms with Gasteiger partial charge in [0.25, 0.3) is 0 Å². The van der Waals surface area contributed by atoms with E-state index in [1.165, 1.54) is 19.2 Å². The SMILES string of the molecule is COCC1CCN(c2cc(C(=O)OC)nc3c2c(C(C)C)nn3-c2ccc(F)cc2)CC1.